The quantitative estimate of drug-likeness (QED) is 0.514. The van der Waals surface area contributed by atoms with Gasteiger partial charge in [0.2, 0.25) is 0 Å². The second kappa shape index (κ2) is 6.93. The zero-order chi connectivity index (χ0) is 18.9. The topological polar surface area (TPSA) is 125 Å². The van der Waals surface area contributed by atoms with Gasteiger partial charge in [0.15, 0.2) is 6.61 Å². The molecule has 1 aliphatic carbocycles. The largest absolute Gasteiger partial charge is 0.454 e. The molecule has 6 amide bonds. The first-order chi connectivity index (χ1) is 12.3. The van der Waals surface area contributed by atoms with Gasteiger partial charge in [-0.1, -0.05) is 19.8 Å². The number of imide groups is 2. The van der Waals surface area contributed by atoms with Crippen molar-refractivity contribution >= 4 is 29.8 Å². The van der Waals surface area contributed by atoms with Crippen molar-refractivity contribution in [3.8, 4) is 0 Å². The summed E-state index contributed by atoms with van der Waals surface area (Å²) in [4.78, 5) is 61.9. The summed E-state index contributed by atoms with van der Waals surface area (Å²) in [5, 5.41) is 5.21. The van der Waals surface area contributed by atoms with Gasteiger partial charge in [0.1, 0.15) is 12.1 Å². The Hall–Kier alpha value is -2.65. The monoisotopic (exact) mass is 366 g/mol. The van der Waals surface area contributed by atoms with E-state index in [1.807, 2.05) is 6.92 Å². The van der Waals surface area contributed by atoms with Gasteiger partial charge in [0.05, 0.1) is 0 Å². The fraction of sp³-hybridized carbons (Fsp3) is 0.688. The van der Waals surface area contributed by atoms with Gasteiger partial charge in [0, 0.05) is 13.1 Å². The maximum absolute atomic E-state index is 12.7. The minimum absolute atomic E-state index is 0.0102. The molecule has 2 atom stereocenters. The molecule has 0 aromatic rings. The van der Waals surface area contributed by atoms with E-state index in [4.69, 9.17) is 4.74 Å². The number of rotatable bonds is 4. The number of carbonyl (C=O) groups excluding carboxylic acids is 5. The highest BCUT2D eigenvalue weighted by atomic mass is 16.5. The highest BCUT2D eigenvalue weighted by Crippen LogP contribution is 2.38. The molecule has 2 heterocycles. The average molecular weight is 366 g/mol. The molecular weight excluding hydrogens is 344 g/mol. The SMILES string of the molecule is C[C@H]1CCCC[C@@]12NC(=O)N(CC(=O)OCC(=O)N1CCNC1=O)C2=O. The molecule has 3 fully saturated rings. The number of amides is 6. The highest BCUT2D eigenvalue weighted by Gasteiger charge is 2.55. The molecule has 2 N–H and O–H groups in total. The van der Waals surface area contributed by atoms with E-state index in [0.29, 0.717) is 13.0 Å². The highest BCUT2D eigenvalue weighted by molar-refractivity contribution is 6.09. The van der Waals surface area contributed by atoms with Crippen molar-refractivity contribution < 1.29 is 28.7 Å². The summed E-state index contributed by atoms with van der Waals surface area (Å²) in [6.45, 7) is 1.30. The molecule has 10 nitrogen and oxygen atoms in total. The van der Waals surface area contributed by atoms with Crippen LogP contribution in [0.25, 0.3) is 0 Å². The van der Waals surface area contributed by atoms with E-state index in [1.54, 1.807) is 0 Å². The number of carbonyl (C=O) groups is 5. The van der Waals surface area contributed by atoms with Crippen molar-refractivity contribution in [3.63, 3.8) is 0 Å². The molecule has 10 heteroatoms. The molecular formula is C16H22N4O6. The molecule has 0 aromatic carbocycles. The smallest absolute Gasteiger partial charge is 0.326 e. The molecule has 1 saturated carbocycles. The number of nitrogens with zero attached hydrogens (tertiary/aromatic N) is 2. The van der Waals surface area contributed by atoms with Crippen molar-refractivity contribution in [2.45, 2.75) is 38.1 Å². The third-order valence-electron chi connectivity index (χ3n) is 5.30. The van der Waals surface area contributed by atoms with Gasteiger partial charge < -0.3 is 15.4 Å². The number of hydrogen-bond donors (Lipinski definition) is 2. The van der Waals surface area contributed by atoms with E-state index in [9.17, 15) is 24.0 Å². The Morgan fingerprint density at radius 1 is 1.23 bits per heavy atom. The first-order valence-corrected chi connectivity index (χ1v) is 8.73. The molecule has 26 heavy (non-hydrogen) atoms. The summed E-state index contributed by atoms with van der Waals surface area (Å²) >= 11 is 0. The van der Waals surface area contributed by atoms with Crippen LogP contribution in [0.1, 0.15) is 32.6 Å². The van der Waals surface area contributed by atoms with Crippen LogP contribution in [0, 0.1) is 5.92 Å². The summed E-state index contributed by atoms with van der Waals surface area (Å²) < 4.78 is 4.84. The van der Waals surface area contributed by atoms with Gasteiger partial charge in [-0.3, -0.25) is 24.2 Å². The Kier molecular flexibility index (Phi) is 4.84. The summed E-state index contributed by atoms with van der Waals surface area (Å²) in [5.41, 5.74) is -0.945. The third kappa shape index (κ3) is 3.11. The van der Waals surface area contributed by atoms with Gasteiger partial charge in [-0.25, -0.2) is 9.59 Å². The molecule has 0 unspecified atom stereocenters. The van der Waals surface area contributed by atoms with Crippen LogP contribution < -0.4 is 10.6 Å². The molecule has 0 aromatic heterocycles. The first kappa shape index (κ1) is 18.2. The van der Waals surface area contributed by atoms with E-state index in [0.717, 1.165) is 29.1 Å². The third-order valence-corrected chi connectivity index (χ3v) is 5.30. The van der Waals surface area contributed by atoms with Crippen LogP contribution in [0.2, 0.25) is 0 Å². The average Bonchev–Trinajstić information content (AvgIpc) is 3.13. The van der Waals surface area contributed by atoms with Crippen LogP contribution in [0.15, 0.2) is 0 Å². The van der Waals surface area contributed by atoms with Crippen LogP contribution in [0.5, 0.6) is 0 Å². The molecule has 142 valence electrons. The number of esters is 1. The molecule has 3 rings (SSSR count). The lowest BCUT2D eigenvalue weighted by Crippen LogP contribution is -2.54. The molecule has 2 aliphatic heterocycles. The zero-order valence-electron chi connectivity index (χ0n) is 14.6. The van der Waals surface area contributed by atoms with Crippen LogP contribution in [0.3, 0.4) is 0 Å². The molecule has 0 bridgehead atoms. The van der Waals surface area contributed by atoms with Crippen LogP contribution in [-0.4, -0.2) is 71.4 Å². The molecule has 2 saturated heterocycles. The number of ether oxygens (including phenoxy) is 1. The molecule has 3 aliphatic rings. The van der Waals surface area contributed by atoms with E-state index >= 15 is 0 Å². The van der Waals surface area contributed by atoms with E-state index < -0.39 is 48.5 Å². The van der Waals surface area contributed by atoms with Crippen molar-refractivity contribution in [3.05, 3.63) is 0 Å². The van der Waals surface area contributed by atoms with Crippen LogP contribution >= 0.6 is 0 Å². The second-order valence-electron chi connectivity index (χ2n) is 6.88. The summed E-state index contributed by atoms with van der Waals surface area (Å²) in [6, 6.07) is -1.15. The summed E-state index contributed by atoms with van der Waals surface area (Å²) in [6.07, 6.45) is 3.21. The van der Waals surface area contributed by atoms with E-state index in [1.165, 1.54) is 0 Å². The normalized spacial score (nSPS) is 28.3. The summed E-state index contributed by atoms with van der Waals surface area (Å²) in [7, 11) is 0. The van der Waals surface area contributed by atoms with Crippen molar-refractivity contribution in [2.24, 2.45) is 5.92 Å². The predicted octanol–water partition coefficient (Wildman–Crippen LogP) is -0.418. The fourth-order valence-corrected chi connectivity index (χ4v) is 3.74. The van der Waals surface area contributed by atoms with Gasteiger partial charge in [-0.2, -0.15) is 0 Å². The zero-order valence-corrected chi connectivity index (χ0v) is 14.6. The first-order valence-electron chi connectivity index (χ1n) is 8.73. The maximum atomic E-state index is 12.7. The lowest BCUT2D eigenvalue weighted by molar-refractivity contribution is -0.153. The minimum atomic E-state index is -0.945. The van der Waals surface area contributed by atoms with Crippen molar-refractivity contribution in [1.29, 1.82) is 0 Å². The number of nitrogens with one attached hydrogen (secondary N) is 2. The Morgan fingerprint density at radius 2 is 2.00 bits per heavy atom. The lowest BCUT2D eigenvalue weighted by Gasteiger charge is -2.36. The van der Waals surface area contributed by atoms with E-state index in [2.05, 4.69) is 10.6 Å². The lowest BCUT2D eigenvalue weighted by atomic mass is 9.73. The Labute approximate surface area is 150 Å². The molecule has 1 spiro atoms. The van der Waals surface area contributed by atoms with Gasteiger partial charge in [0.25, 0.3) is 11.8 Å². The second-order valence-corrected chi connectivity index (χ2v) is 6.88. The van der Waals surface area contributed by atoms with Crippen LogP contribution in [-0.2, 0) is 19.1 Å². The Balaban J connectivity index is 1.55. The predicted molar refractivity (Wildman–Crippen MR) is 86.7 cm³/mol. The Bertz CT molecular complexity index is 665. The van der Waals surface area contributed by atoms with Gasteiger partial charge in [-0.15, -0.1) is 0 Å². The number of urea groups is 2. The van der Waals surface area contributed by atoms with Gasteiger partial charge in [-0.05, 0) is 18.8 Å². The van der Waals surface area contributed by atoms with E-state index in [-0.39, 0.29) is 12.5 Å². The Morgan fingerprint density at radius 3 is 2.65 bits per heavy atom. The summed E-state index contributed by atoms with van der Waals surface area (Å²) in [5.74, 6) is -1.95. The van der Waals surface area contributed by atoms with Gasteiger partial charge >= 0.3 is 18.0 Å². The minimum Gasteiger partial charge on any atom is -0.454 e. The maximum Gasteiger partial charge on any atom is 0.326 e. The van der Waals surface area contributed by atoms with Crippen LogP contribution in [0.4, 0.5) is 9.59 Å². The fourth-order valence-electron chi connectivity index (χ4n) is 3.74. The van der Waals surface area contributed by atoms with Crippen molar-refractivity contribution in [2.75, 3.05) is 26.2 Å². The standard InChI is InChI=1S/C16H22N4O6/c1-10-4-2-3-5-16(10)13(23)20(15(25)18-16)8-12(22)26-9-11(21)19-7-6-17-14(19)24/h10H,2-9H2,1H3,(H,17,24)(H,18,25)/t10-,16+/m0/s1. The molecule has 0 radical (unpaired) electrons. The van der Waals surface area contributed by atoms with Crippen molar-refractivity contribution in [1.82, 2.24) is 20.4 Å². The number of hydrogen-bond acceptors (Lipinski definition) is 6.